The molecule has 6 heteroatoms. The summed E-state index contributed by atoms with van der Waals surface area (Å²) in [6.07, 6.45) is 2.96. The van der Waals surface area contributed by atoms with E-state index in [1.165, 1.54) is 0 Å². The summed E-state index contributed by atoms with van der Waals surface area (Å²) in [5.74, 6) is 0.680. The van der Waals surface area contributed by atoms with Crippen molar-refractivity contribution in [2.45, 2.75) is 19.4 Å². The summed E-state index contributed by atoms with van der Waals surface area (Å²) >= 11 is 3.42. The Kier molecular flexibility index (Phi) is 4.19. The quantitative estimate of drug-likeness (QED) is 0.920. The second kappa shape index (κ2) is 5.67. The summed E-state index contributed by atoms with van der Waals surface area (Å²) in [5, 5.41) is 7.71. The van der Waals surface area contributed by atoms with E-state index in [0.29, 0.717) is 12.0 Å². The first kappa shape index (κ1) is 13.3. The largest absolute Gasteiger partial charge is 0.350 e. The molecular weight excluding hydrogens is 294 g/mol. The van der Waals surface area contributed by atoms with Crippen LogP contribution < -0.4 is 5.32 Å². The van der Waals surface area contributed by atoms with E-state index in [4.69, 9.17) is 0 Å². The van der Waals surface area contributed by atoms with Crippen LogP contribution in [-0.4, -0.2) is 46.2 Å². The van der Waals surface area contributed by atoms with Gasteiger partial charge in [0.25, 0.3) is 0 Å². The molecule has 18 heavy (non-hydrogen) atoms. The van der Waals surface area contributed by atoms with E-state index in [0.717, 1.165) is 23.1 Å². The summed E-state index contributed by atoms with van der Waals surface area (Å²) in [5.41, 5.74) is 0.848. The molecule has 2 aromatic rings. The van der Waals surface area contributed by atoms with Crippen molar-refractivity contribution in [3.05, 3.63) is 22.8 Å². The Bertz CT molecular complexity index is 522. The van der Waals surface area contributed by atoms with Gasteiger partial charge in [-0.1, -0.05) is 0 Å². The highest BCUT2D eigenvalue weighted by Crippen LogP contribution is 2.12. The predicted molar refractivity (Wildman–Crippen MR) is 76.9 cm³/mol. The zero-order valence-electron chi connectivity index (χ0n) is 10.9. The lowest BCUT2D eigenvalue weighted by Crippen LogP contribution is -2.23. The molecule has 1 atom stereocenters. The van der Waals surface area contributed by atoms with Crippen LogP contribution in [0.1, 0.15) is 13.3 Å². The summed E-state index contributed by atoms with van der Waals surface area (Å²) in [4.78, 5) is 6.60. The van der Waals surface area contributed by atoms with Crippen LogP contribution >= 0.6 is 15.9 Å². The number of aromatic nitrogens is 3. The van der Waals surface area contributed by atoms with E-state index < -0.39 is 0 Å². The first-order valence-corrected chi connectivity index (χ1v) is 6.77. The van der Waals surface area contributed by atoms with Crippen molar-refractivity contribution < 1.29 is 0 Å². The van der Waals surface area contributed by atoms with E-state index >= 15 is 0 Å². The van der Waals surface area contributed by atoms with E-state index in [-0.39, 0.29) is 0 Å². The first-order chi connectivity index (χ1) is 8.54. The molecule has 2 aromatic heterocycles. The third-order valence-corrected chi connectivity index (χ3v) is 3.15. The fraction of sp³-hybridized carbons (Fsp3) is 0.500. The number of hydrogen-bond donors (Lipinski definition) is 1. The van der Waals surface area contributed by atoms with Crippen LogP contribution in [-0.2, 0) is 0 Å². The molecule has 0 bridgehead atoms. The van der Waals surface area contributed by atoms with Crippen LogP contribution in [0.15, 0.2) is 22.8 Å². The van der Waals surface area contributed by atoms with E-state index in [1.54, 1.807) is 4.52 Å². The monoisotopic (exact) mass is 311 g/mol. The van der Waals surface area contributed by atoms with Gasteiger partial charge in [-0.3, -0.25) is 0 Å². The molecule has 98 valence electrons. The average Bonchev–Trinajstić information content (AvgIpc) is 2.67. The van der Waals surface area contributed by atoms with E-state index in [9.17, 15) is 0 Å². The summed E-state index contributed by atoms with van der Waals surface area (Å²) in [6.45, 7) is 3.19. The number of nitrogens with zero attached hydrogens (tertiary/aromatic N) is 4. The van der Waals surface area contributed by atoms with Crippen molar-refractivity contribution in [2.75, 3.05) is 26.0 Å². The van der Waals surface area contributed by atoms with Gasteiger partial charge in [0.2, 0.25) is 5.95 Å². The van der Waals surface area contributed by atoms with Crippen molar-refractivity contribution >= 4 is 27.5 Å². The molecule has 0 fully saturated rings. The molecule has 0 amide bonds. The van der Waals surface area contributed by atoms with Gasteiger partial charge in [0.05, 0.1) is 0 Å². The number of pyridine rings is 1. The van der Waals surface area contributed by atoms with Crippen molar-refractivity contribution in [1.82, 2.24) is 19.5 Å². The molecule has 0 aliphatic heterocycles. The Balaban J connectivity index is 2.03. The fourth-order valence-electron chi connectivity index (χ4n) is 1.66. The molecule has 0 aromatic carbocycles. The van der Waals surface area contributed by atoms with E-state index in [1.807, 2.05) is 18.3 Å². The van der Waals surface area contributed by atoms with Crippen LogP contribution in [0.25, 0.3) is 5.65 Å². The molecule has 0 saturated carbocycles. The van der Waals surface area contributed by atoms with Crippen molar-refractivity contribution in [3.8, 4) is 0 Å². The SMILES string of the molecule is CC(CCN(C)C)Nc1nc2ccc(Br)cn2n1. The summed E-state index contributed by atoms with van der Waals surface area (Å²) < 4.78 is 2.76. The molecule has 0 radical (unpaired) electrons. The van der Waals surface area contributed by atoms with Gasteiger partial charge in [-0.05, 0) is 62.0 Å². The highest BCUT2D eigenvalue weighted by atomic mass is 79.9. The third kappa shape index (κ3) is 3.43. The number of fused-ring (bicyclic) bond motifs is 1. The topological polar surface area (TPSA) is 45.5 Å². The predicted octanol–water partition coefficient (Wildman–Crippen LogP) is 2.24. The van der Waals surface area contributed by atoms with Gasteiger partial charge in [0.15, 0.2) is 5.65 Å². The van der Waals surface area contributed by atoms with E-state index in [2.05, 4.69) is 57.2 Å². The number of anilines is 1. The zero-order chi connectivity index (χ0) is 13.1. The fourth-order valence-corrected chi connectivity index (χ4v) is 1.99. The molecule has 0 aliphatic carbocycles. The number of rotatable bonds is 5. The molecule has 5 nitrogen and oxygen atoms in total. The normalized spacial score (nSPS) is 13.2. The molecule has 0 aliphatic rings. The maximum absolute atomic E-state index is 4.43. The smallest absolute Gasteiger partial charge is 0.243 e. The Morgan fingerprint density at radius 2 is 2.22 bits per heavy atom. The maximum Gasteiger partial charge on any atom is 0.243 e. The summed E-state index contributed by atoms with van der Waals surface area (Å²) in [6, 6.07) is 4.25. The van der Waals surface area contributed by atoms with Crippen LogP contribution in [0.3, 0.4) is 0 Å². The van der Waals surface area contributed by atoms with Crippen molar-refractivity contribution in [3.63, 3.8) is 0 Å². The molecule has 1 unspecified atom stereocenters. The Morgan fingerprint density at radius 3 is 2.94 bits per heavy atom. The zero-order valence-corrected chi connectivity index (χ0v) is 12.5. The second-order valence-corrected chi connectivity index (χ2v) is 5.64. The lowest BCUT2D eigenvalue weighted by molar-refractivity contribution is 0.390. The highest BCUT2D eigenvalue weighted by molar-refractivity contribution is 9.10. The molecule has 1 N–H and O–H groups in total. The van der Waals surface area contributed by atoms with Crippen LogP contribution in [0.2, 0.25) is 0 Å². The Morgan fingerprint density at radius 1 is 1.44 bits per heavy atom. The van der Waals surface area contributed by atoms with Gasteiger partial charge in [0, 0.05) is 16.7 Å². The maximum atomic E-state index is 4.43. The van der Waals surface area contributed by atoms with Crippen molar-refractivity contribution in [2.24, 2.45) is 0 Å². The Labute approximate surface area is 115 Å². The van der Waals surface area contributed by atoms with Gasteiger partial charge in [-0.25, -0.2) is 4.52 Å². The molecule has 0 spiro atoms. The number of halogens is 1. The minimum atomic E-state index is 0.355. The number of nitrogens with one attached hydrogen (secondary N) is 1. The standard InChI is InChI=1S/C12H18BrN5/c1-9(6-7-17(2)3)14-12-15-11-5-4-10(13)8-18(11)16-12/h4-5,8-9H,6-7H2,1-3H3,(H,14,16). The third-order valence-electron chi connectivity index (χ3n) is 2.68. The first-order valence-electron chi connectivity index (χ1n) is 5.98. The second-order valence-electron chi connectivity index (χ2n) is 4.72. The summed E-state index contributed by atoms with van der Waals surface area (Å²) in [7, 11) is 4.15. The van der Waals surface area contributed by atoms with Gasteiger partial charge >= 0.3 is 0 Å². The van der Waals surface area contributed by atoms with Gasteiger partial charge in [-0.2, -0.15) is 4.98 Å². The van der Waals surface area contributed by atoms with Gasteiger partial charge in [0.1, 0.15) is 0 Å². The molecule has 2 rings (SSSR count). The number of hydrogen-bond acceptors (Lipinski definition) is 4. The molecule has 0 saturated heterocycles. The minimum absolute atomic E-state index is 0.355. The van der Waals surface area contributed by atoms with Gasteiger partial charge in [-0.15, -0.1) is 5.10 Å². The highest BCUT2D eigenvalue weighted by Gasteiger charge is 2.07. The minimum Gasteiger partial charge on any atom is -0.350 e. The average molecular weight is 312 g/mol. The Hall–Kier alpha value is -1.14. The lowest BCUT2D eigenvalue weighted by atomic mass is 10.2. The molecular formula is C12H18BrN5. The molecule has 2 heterocycles. The van der Waals surface area contributed by atoms with Gasteiger partial charge < -0.3 is 10.2 Å². The van der Waals surface area contributed by atoms with Crippen molar-refractivity contribution in [1.29, 1.82) is 0 Å². The van der Waals surface area contributed by atoms with Crippen LogP contribution in [0, 0.1) is 0 Å². The lowest BCUT2D eigenvalue weighted by Gasteiger charge is -2.15. The van der Waals surface area contributed by atoms with Crippen LogP contribution in [0.5, 0.6) is 0 Å². The van der Waals surface area contributed by atoms with Crippen LogP contribution in [0.4, 0.5) is 5.95 Å².